The molecule has 31 heavy (non-hydrogen) atoms. The first kappa shape index (κ1) is 21.7. The Hall–Kier alpha value is -2.49. The summed E-state index contributed by atoms with van der Waals surface area (Å²) in [4.78, 5) is 6.94. The minimum Gasteiger partial charge on any atom is -0.496 e. The number of methoxy groups -OCH3 is 2. The SMILES string of the molecule is CCS(=O)(=O)N1CCN(c2ccn3cc(-c4cc(Cl)c(OC)cc4OC)nc3c2)CC1. The number of ether oxygens (including phenoxy) is 2. The second-order valence-electron chi connectivity index (χ2n) is 7.25. The Balaban J connectivity index is 1.61. The molecule has 3 aromatic rings. The lowest BCUT2D eigenvalue weighted by atomic mass is 10.1. The Morgan fingerprint density at radius 1 is 1.06 bits per heavy atom. The maximum Gasteiger partial charge on any atom is 0.213 e. The maximum absolute atomic E-state index is 12.1. The van der Waals surface area contributed by atoms with Crippen molar-refractivity contribution in [2.24, 2.45) is 0 Å². The van der Waals surface area contributed by atoms with Crippen LogP contribution in [-0.2, 0) is 10.0 Å². The zero-order valence-corrected chi connectivity index (χ0v) is 19.3. The van der Waals surface area contributed by atoms with Gasteiger partial charge in [0.15, 0.2) is 0 Å². The van der Waals surface area contributed by atoms with Crippen LogP contribution in [0.4, 0.5) is 5.69 Å². The molecule has 1 aliphatic heterocycles. The summed E-state index contributed by atoms with van der Waals surface area (Å²) in [7, 11) is 0.0100. The normalized spacial score (nSPS) is 15.4. The van der Waals surface area contributed by atoms with Crippen molar-refractivity contribution < 1.29 is 17.9 Å². The van der Waals surface area contributed by atoms with E-state index in [0.717, 1.165) is 22.6 Å². The average Bonchev–Trinajstić information content (AvgIpc) is 3.22. The largest absolute Gasteiger partial charge is 0.496 e. The third-order valence-electron chi connectivity index (χ3n) is 5.56. The Morgan fingerprint density at radius 2 is 1.77 bits per heavy atom. The lowest BCUT2D eigenvalue weighted by molar-refractivity contribution is 0.385. The monoisotopic (exact) mass is 464 g/mol. The predicted octanol–water partition coefficient (Wildman–Crippen LogP) is 3.14. The van der Waals surface area contributed by atoms with Gasteiger partial charge in [0.05, 0.1) is 30.7 Å². The summed E-state index contributed by atoms with van der Waals surface area (Å²) in [6, 6.07) is 7.55. The molecule has 3 heterocycles. The van der Waals surface area contributed by atoms with Gasteiger partial charge in [-0.3, -0.25) is 0 Å². The smallest absolute Gasteiger partial charge is 0.213 e. The first-order valence-electron chi connectivity index (χ1n) is 9.99. The highest BCUT2D eigenvalue weighted by molar-refractivity contribution is 7.89. The molecule has 4 rings (SSSR count). The van der Waals surface area contributed by atoms with Crippen molar-refractivity contribution in [1.29, 1.82) is 0 Å². The Morgan fingerprint density at radius 3 is 2.42 bits per heavy atom. The van der Waals surface area contributed by atoms with Gasteiger partial charge >= 0.3 is 0 Å². The quantitative estimate of drug-likeness (QED) is 0.557. The van der Waals surface area contributed by atoms with E-state index in [0.29, 0.717) is 42.7 Å². The van der Waals surface area contributed by atoms with E-state index in [-0.39, 0.29) is 5.75 Å². The predicted molar refractivity (Wildman–Crippen MR) is 122 cm³/mol. The number of hydrogen-bond donors (Lipinski definition) is 0. The van der Waals surface area contributed by atoms with Gasteiger partial charge in [-0.05, 0) is 19.1 Å². The van der Waals surface area contributed by atoms with Crippen molar-refractivity contribution in [2.75, 3.05) is 51.1 Å². The fourth-order valence-corrected chi connectivity index (χ4v) is 5.09. The summed E-state index contributed by atoms with van der Waals surface area (Å²) < 4.78 is 38.5. The highest BCUT2D eigenvalue weighted by Gasteiger charge is 2.25. The minimum absolute atomic E-state index is 0.134. The number of nitrogens with zero attached hydrogens (tertiary/aromatic N) is 4. The number of halogens is 1. The van der Waals surface area contributed by atoms with Gasteiger partial charge in [0.2, 0.25) is 10.0 Å². The molecule has 0 bridgehead atoms. The zero-order chi connectivity index (χ0) is 22.2. The van der Waals surface area contributed by atoms with Crippen molar-refractivity contribution in [3.63, 3.8) is 0 Å². The molecule has 10 heteroatoms. The summed E-state index contributed by atoms with van der Waals surface area (Å²) in [6.45, 7) is 3.94. The molecule has 1 aliphatic rings. The number of benzene rings is 1. The summed E-state index contributed by atoms with van der Waals surface area (Å²) >= 11 is 6.32. The van der Waals surface area contributed by atoms with Crippen LogP contribution in [0.3, 0.4) is 0 Å². The molecule has 0 radical (unpaired) electrons. The number of aromatic nitrogens is 2. The summed E-state index contributed by atoms with van der Waals surface area (Å²) in [6.07, 6.45) is 3.87. The number of sulfonamides is 1. The Labute approximate surface area is 187 Å². The maximum atomic E-state index is 12.1. The highest BCUT2D eigenvalue weighted by atomic mass is 35.5. The van der Waals surface area contributed by atoms with Crippen molar-refractivity contribution in [1.82, 2.24) is 13.7 Å². The second kappa shape index (κ2) is 8.57. The number of fused-ring (bicyclic) bond motifs is 1. The molecule has 0 aliphatic carbocycles. The topological polar surface area (TPSA) is 76.4 Å². The summed E-state index contributed by atoms with van der Waals surface area (Å²) in [5, 5.41) is 0.482. The number of anilines is 1. The lowest BCUT2D eigenvalue weighted by Gasteiger charge is -2.35. The standard InChI is InChI=1S/C21H25ClN4O4S/c1-4-31(27,28)26-9-7-24(8-10-26)15-5-6-25-14-18(23-21(25)11-15)16-12-17(22)20(30-3)13-19(16)29-2/h5-6,11-14H,4,7-10H2,1-3H3. The van der Waals surface area contributed by atoms with Crippen LogP contribution in [0.1, 0.15) is 6.92 Å². The molecule has 1 saturated heterocycles. The molecule has 0 amide bonds. The van der Waals surface area contributed by atoms with E-state index in [9.17, 15) is 8.42 Å². The van der Waals surface area contributed by atoms with Gasteiger partial charge < -0.3 is 18.8 Å². The Kier molecular flexibility index (Phi) is 6.00. The van der Waals surface area contributed by atoms with Crippen LogP contribution in [0, 0.1) is 0 Å². The van der Waals surface area contributed by atoms with E-state index in [1.54, 1.807) is 37.6 Å². The van der Waals surface area contributed by atoms with Gasteiger partial charge in [-0.15, -0.1) is 0 Å². The number of piperazine rings is 1. The van der Waals surface area contributed by atoms with Crippen molar-refractivity contribution in [3.8, 4) is 22.8 Å². The molecule has 0 spiro atoms. The molecular weight excluding hydrogens is 440 g/mol. The molecule has 166 valence electrons. The van der Waals surface area contributed by atoms with Crippen LogP contribution >= 0.6 is 11.6 Å². The fourth-order valence-electron chi connectivity index (χ4n) is 3.76. The first-order chi connectivity index (χ1) is 14.9. The van der Waals surface area contributed by atoms with Crippen LogP contribution in [-0.4, -0.2) is 68.3 Å². The highest BCUT2D eigenvalue weighted by Crippen LogP contribution is 2.38. The third kappa shape index (κ3) is 4.17. The van der Waals surface area contributed by atoms with E-state index >= 15 is 0 Å². The van der Waals surface area contributed by atoms with Gasteiger partial charge in [-0.25, -0.2) is 13.4 Å². The third-order valence-corrected chi connectivity index (χ3v) is 7.73. The number of rotatable bonds is 6. The molecule has 2 aromatic heterocycles. The molecule has 0 saturated carbocycles. The van der Waals surface area contributed by atoms with Gasteiger partial charge in [-0.2, -0.15) is 4.31 Å². The van der Waals surface area contributed by atoms with Crippen LogP contribution in [0.2, 0.25) is 5.02 Å². The number of hydrogen-bond acceptors (Lipinski definition) is 6. The molecular formula is C21H25ClN4O4S. The average molecular weight is 465 g/mol. The number of imidazole rings is 1. The first-order valence-corrected chi connectivity index (χ1v) is 12.0. The fraction of sp³-hybridized carbons (Fsp3) is 0.381. The van der Waals surface area contributed by atoms with Crippen LogP contribution in [0.25, 0.3) is 16.9 Å². The second-order valence-corrected chi connectivity index (χ2v) is 9.92. The van der Waals surface area contributed by atoms with E-state index in [1.807, 2.05) is 28.9 Å². The number of pyridine rings is 1. The van der Waals surface area contributed by atoms with Crippen LogP contribution in [0.15, 0.2) is 36.7 Å². The zero-order valence-electron chi connectivity index (χ0n) is 17.7. The molecule has 8 nitrogen and oxygen atoms in total. The summed E-state index contributed by atoms with van der Waals surface area (Å²) in [5.41, 5.74) is 3.30. The van der Waals surface area contributed by atoms with Gasteiger partial charge in [-0.1, -0.05) is 11.6 Å². The van der Waals surface area contributed by atoms with Crippen LogP contribution in [0.5, 0.6) is 11.5 Å². The minimum atomic E-state index is -3.15. The van der Waals surface area contributed by atoms with Gasteiger partial charge in [0.1, 0.15) is 17.1 Å². The molecule has 0 atom stereocenters. The molecule has 0 N–H and O–H groups in total. The molecule has 1 aromatic carbocycles. The van der Waals surface area contributed by atoms with Crippen molar-refractivity contribution in [2.45, 2.75) is 6.92 Å². The van der Waals surface area contributed by atoms with Crippen LogP contribution < -0.4 is 14.4 Å². The van der Waals surface area contributed by atoms with Crippen molar-refractivity contribution >= 4 is 33.0 Å². The van der Waals surface area contributed by atoms with Crippen molar-refractivity contribution in [3.05, 3.63) is 41.7 Å². The van der Waals surface area contributed by atoms with E-state index < -0.39 is 10.0 Å². The van der Waals surface area contributed by atoms with Gasteiger partial charge in [0.25, 0.3) is 0 Å². The van der Waals surface area contributed by atoms with E-state index in [1.165, 1.54) is 0 Å². The summed E-state index contributed by atoms with van der Waals surface area (Å²) in [5.74, 6) is 1.30. The Bertz CT molecular complexity index is 1200. The molecule has 1 fully saturated rings. The van der Waals surface area contributed by atoms with Gasteiger partial charge in [0, 0.05) is 62.0 Å². The van der Waals surface area contributed by atoms with E-state index in [4.69, 9.17) is 26.1 Å². The van der Waals surface area contributed by atoms with E-state index in [2.05, 4.69) is 4.90 Å². The lowest BCUT2D eigenvalue weighted by Crippen LogP contribution is -2.49. The molecule has 0 unspecified atom stereocenters.